The van der Waals surface area contributed by atoms with Crippen molar-refractivity contribution in [3.8, 4) is 0 Å². The topological polar surface area (TPSA) is 21.7 Å². The summed E-state index contributed by atoms with van der Waals surface area (Å²) in [4.78, 5) is 11.3. The van der Waals surface area contributed by atoms with Crippen molar-refractivity contribution in [1.82, 2.24) is 4.90 Å². The Bertz CT molecular complexity index is 68.8. The molecule has 0 spiro atoms. The first-order valence-corrected chi connectivity index (χ1v) is 2.63. The monoisotopic (exact) mass is 116 g/mol. The van der Waals surface area contributed by atoms with E-state index >= 15 is 0 Å². The third-order valence-corrected chi connectivity index (χ3v) is 1.05. The molecule has 0 unspecified atom stereocenters. The Labute approximate surface area is 49.1 Å². The van der Waals surface area contributed by atoms with Crippen molar-refractivity contribution in [3.05, 3.63) is 6.23 Å². The fourth-order valence-electron chi connectivity index (χ4n) is 0.578. The van der Waals surface area contributed by atoms with Crippen LogP contribution in [0.15, 0.2) is 0 Å². The third kappa shape index (κ3) is 1.18. The van der Waals surface area contributed by atoms with Crippen molar-refractivity contribution in [2.24, 2.45) is 0 Å². The highest BCUT2D eigenvalue weighted by atomic mass is 17.2. The molecule has 1 fully saturated rings. The second-order valence-electron chi connectivity index (χ2n) is 1.94. The number of rotatable bonds is 1. The molecule has 0 aromatic heterocycles. The van der Waals surface area contributed by atoms with Crippen LogP contribution in [0.2, 0.25) is 0 Å². The first kappa shape index (κ1) is 6.01. The molecular formula is C5H10NO2. The van der Waals surface area contributed by atoms with Gasteiger partial charge in [-0.2, -0.15) is 0 Å². The molecule has 3 heteroatoms. The van der Waals surface area contributed by atoms with Gasteiger partial charge >= 0.3 is 0 Å². The van der Waals surface area contributed by atoms with Gasteiger partial charge in [-0.25, -0.2) is 9.78 Å². The first-order valence-electron chi connectivity index (χ1n) is 2.63. The summed E-state index contributed by atoms with van der Waals surface area (Å²) < 4.78 is 0. The van der Waals surface area contributed by atoms with Crippen LogP contribution in [-0.4, -0.2) is 25.6 Å². The molecule has 1 aliphatic rings. The molecule has 3 nitrogen and oxygen atoms in total. The van der Waals surface area contributed by atoms with Crippen LogP contribution < -0.4 is 0 Å². The minimum Gasteiger partial charge on any atom is -0.275 e. The van der Waals surface area contributed by atoms with Crippen molar-refractivity contribution in [2.45, 2.75) is 6.42 Å². The molecule has 8 heavy (non-hydrogen) atoms. The van der Waals surface area contributed by atoms with E-state index in [-0.39, 0.29) is 0 Å². The summed E-state index contributed by atoms with van der Waals surface area (Å²) >= 11 is 0. The van der Waals surface area contributed by atoms with Crippen molar-refractivity contribution >= 4 is 0 Å². The van der Waals surface area contributed by atoms with Gasteiger partial charge in [0.25, 0.3) is 0 Å². The lowest BCUT2D eigenvalue weighted by Crippen LogP contribution is -2.17. The fourth-order valence-corrected chi connectivity index (χ4v) is 0.578. The minimum atomic E-state index is 0.688. The van der Waals surface area contributed by atoms with E-state index in [1.54, 1.807) is 0 Å². The lowest BCUT2D eigenvalue weighted by atomic mass is 10.4. The summed E-state index contributed by atoms with van der Waals surface area (Å²) in [6, 6.07) is 0. The average molecular weight is 116 g/mol. The second kappa shape index (κ2) is 2.44. The van der Waals surface area contributed by atoms with Gasteiger partial charge in [-0.05, 0) is 14.1 Å². The zero-order valence-electron chi connectivity index (χ0n) is 5.18. The predicted octanol–water partition coefficient (Wildman–Crippen LogP) is 0.389. The summed E-state index contributed by atoms with van der Waals surface area (Å²) in [5.41, 5.74) is 0. The fraction of sp³-hybridized carbons (Fsp3) is 0.800. The Kier molecular flexibility index (Phi) is 1.83. The lowest BCUT2D eigenvalue weighted by molar-refractivity contribution is -0.259. The third-order valence-electron chi connectivity index (χ3n) is 1.05. The normalized spacial score (nSPS) is 22.9. The molecule has 47 valence electrons. The Hall–Kier alpha value is -0.120. The van der Waals surface area contributed by atoms with E-state index in [1.807, 2.05) is 19.0 Å². The van der Waals surface area contributed by atoms with Crippen LogP contribution in [0.25, 0.3) is 0 Å². The van der Waals surface area contributed by atoms with Gasteiger partial charge in [-0.15, -0.1) is 0 Å². The number of hydrogen-bond donors (Lipinski definition) is 0. The standard InChI is InChI=1S/C5H10NO2/c1-6(2)5-3-4-7-8-5/h3-4H2,1-2H3. The van der Waals surface area contributed by atoms with Crippen molar-refractivity contribution in [1.29, 1.82) is 0 Å². The molecule has 0 bridgehead atoms. The smallest absolute Gasteiger partial charge is 0.204 e. The van der Waals surface area contributed by atoms with E-state index in [1.165, 1.54) is 0 Å². The number of hydrogen-bond acceptors (Lipinski definition) is 3. The van der Waals surface area contributed by atoms with E-state index in [0.717, 1.165) is 12.6 Å². The van der Waals surface area contributed by atoms with Gasteiger partial charge in [0.15, 0.2) is 0 Å². The second-order valence-corrected chi connectivity index (χ2v) is 1.94. The highest BCUT2D eigenvalue weighted by molar-refractivity contribution is 4.74. The van der Waals surface area contributed by atoms with Crippen LogP contribution >= 0.6 is 0 Å². The highest BCUT2D eigenvalue weighted by Crippen LogP contribution is 2.17. The summed E-state index contributed by atoms with van der Waals surface area (Å²) in [6.07, 6.45) is 1.80. The SMILES string of the molecule is CN(C)[C]1CCOO1. The van der Waals surface area contributed by atoms with Crippen molar-refractivity contribution in [2.75, 3.05) is 20.7 Å². The minimum absolute atomic E-state index is 0.688. The average Bonchev–Trinajstić information content (AvgIpc) is 2.12. The van der Waals surface area contributed by atoms with Gasteiger partial charge in [0.1, 0.15) is 0 Å². The van der Waals surface area contributed by atoms with E-state index in [2.05, 4.69) is 4.89 Å². The van der Waals surface area contributed by atoms with E-state index in [4.69, 9.17) is 4.89 Å². The highest BCUT2D eigenvalue weighted by Gasteiger charge is 2.20. The van der Waals surface area contributed by atoms with Gasteiger partial charge in [-0.1, -0.05) is 0 Å². The zero-order chi connectivity index (χ0) is 5.98. The molecule has 1 heterocycles. The van der Waals surface area contributed by atoms with Crippen molar-refractivity contribution < 1.29 is 9.78 Å². The first-order chi connectivity index (χ1) is 3.80. The van der Waals surface area contributed by atoms with E-state index in [9.17, 15) is 0 Å². The molecule has 0 aromatic carbocycles. The Morgan fingerprint density at radius 2 is 2.25 bits per heavy atom. The van der Waals surface area contributed by atoms with Gasteiger partial charge in [-0.3, -0.25) is 4.90 Å². The molecule has 1 rings (SSSR count). The molecule has 0 saturated carbocycles. The van der Waals surface area contributed by atoms with Gasteiger partial charge < -0.3 is 0 Å². The molecule has 0 N–H and O–H groups in total. The quantitative estimate of drug-likeness (QED) is 0.462. The molecule has 0 aromatic rings. The summed E-state index contributed by atoms with van der Waals surface area (Å²) in [5, 5.41) is 0. The van der Waals surface area contributed by atoms with Crippen molar-refractivity contribution in [3.63, 3.8) is 0 Å². The molecular weight excluding hydrogens is 106 g/mol. The molecule has 0 amide bonds. The molecule has 0 aliphatic carbocycles. The van der Waals surface area contributed by atoms with Gasteiger partial charge in [0, 0.05) is 6.42 Å². The van der Waals surface area contributed by atoms with Crippen LogP contribution in [-0.2, 0) is 9.78 Å². The Balaban J connectivity index is 2.24. The molecule has 1 saturated heterocycles. The Morgan fingerprint density at radius 1 is 1.50 bits per heavy atom. The zero-order valence-corrected chi connectivity index (χ0v) is 5.18. The van der Waals surface area contributed by atoms with Crippen LogP contribution in [0.4, 0.5) is 0 Å². The molecule has 0 atom stereocenters. The predicted molar refractivity (Wildman–Crippen MR) is 28.6 cm³/mol. The number of nitrogens with zero attached hydrogens (tertiary/aromatic N) is 1. The maximum absolute atomic E-state index is 4.76. The van der Waals surface area contributed by atoms with Gasteiger partial charge in [0.05, 0.1) is 6.61 Å². The van der Waals surface area contributed by atoms with Crippen LogP contribution in [0.1, 0.15) is 6.42 Å². The molecule has 1 radical (unpaired) electrons. The Morgan fingerprint density at radius 3 is 2.50 bits per heavy atom. The summed E-state index contributed by atoms with van der Waals surface area (Å²) in [6.45, 7) is 0.688. The van der Waals surface area contributed by atoms with Crippen LogP contribution in [0.5, 0.6) is 0 Å². The largest absolute Gasteiger partial charge is 0.275 e. The van der Waals surface area contributed by atoms with E-state index < -0.39 is 0 Å². The summed E-state index contributed by atoms with van der Waals surface area (Å²) in [5.74, 6) is 0. The van der Waals surface area contributed by atoms with Crippen LogP contribution in [0.3, 0.4) is 0 Å². The maximum atomic E-state index is 4.76. The van der Waals surface area contributed by atoms with Gasteiger partial charge in [0.2, 0.25) is 6.23 Å². The maximum Gasteiger partial charge on any atom is 0.204 e. The lowest BCUT2D eigenvalue weighted by Gasteiger charge is -2.12. The van der Waals surface area contributed by atoms with Crippen LogP contribution in [0, 0.1) is 6.23 Å². The summed E-state index contributed by atoms with van der Waals surface area (Å²) in [7, 11) is 3.87. The molecule has 1 aliphatic heterocycles. The van der Waals surface area contributed by atoms with E-state index in [0.29, 0.717) is 6.61 Å².